The minimum absolute atomic E-state index is 0.114. The Labute approximate surface area is 178 Å². The van der Waals surface area contributed by atoms with Crippen molar-refractivity contribution in [2.45, 2.75) is 52.0 Å². The summed E-state index contributed by atoms with van der Waals surface area (Å²) < 4.78 is 0. The number of amides is 2. The van der Waals surface area contributed by atoms with E-state index in [1.54, 1.807) is 12.4 Å². The van der Waals surface area contributed by atoms with Gasteiger partial charge in [0, 0.05) is 37.9 Å². The number of hydrogen-bond donors (Lipinski definition) is 1. The first kappa shape index (κ1) is 20.6. The third-order valence-electron chi connectivity index (χ3n) is 6.19. The zero-order chi connectivity index (χ0) is 21.1. The average Bonchev–Trinajstić information content (AvgIpc) is 3.45. The Balaban J connectivity index is 1.52. The number of nitrogens with zero attached hydrogens (tertiary/aromatic N) is 2. The summed E-state index contributed by atoms with van der Waals surface area (Å²) in [5.74, 6) is 0.607. The predicted octanol–water partition coefficient (Wildman–Crippen LogP) is 3.83. The summed E-state index contributed by atoms with van der Waals surface area (Å²) in [4.78, 5) is 31.9. The molecule has 30 heavy (non-hydrogen) atoms. The van der Waals surface area contributed by atoms with E-state index in [-0.39, 0.29) is 11.8 Å². The smallest absolute Gasteiger partial charge is 0.228 e. The summed E-state index contributed by atoms with van der Waals surface area (Å²) in [5, 5.41) is 3.21. The topological polar surface area (TPSA) is 62.3 Å². The molecule has 1 aromatic carbocycles. The van der Waals surface area contributed by atoms with Crippen LogP contribution in [-0.2, 0) is 16.0 Å². The highest BCUT2D eigenvalue weighted by atomic mass is 16.2. The molecule has 1 N–H and O–H groups in total. The fraction of sp³-hybridized carbons (Fsp3) is 0.480. The molecule has 158 valence electrons. The van der Waals surface area contributed by atoms with Crippen molar-refractivity contribution in [3.8, 4) is 11.1 Å². The second-order valence-corrected chi connectivity index (χ2v) is 9.30. The van der Waals surface area contributed by atoms with Gasteiger partial charge in [0.05, 0.1) is 5.41 Å². The molecule has 0 radical (unpaired) electrons. The lowest BCUT2D eigenvalue weighted by molar-refractivity contribution is -0.133. The number of benzene rings is 1. The van der Waals surface area contributed by atoms with Crippen LogP contribution in [0.15, 0.2) is 48.8 Å². The molecule has 1 aromatic heterocycles. The number of likely N-dealkylation sites (tertiary alicyclic amines) is 1. The third-order valence-corrected chi connectivity index (χ3v) is 6.19. The number of rotatable bonds is 7. The maximum atomic E-state index is 13.2. The van der Waals surface area contributed by atoms with Gasteiger partial charge in [-0.25, -0.2) is 0 Å². The van der Waals surface area contributed by atoms with Gasteiger partial charge >= 0.3 is 0 Å². The van der Waals surface area contributed by atoms with Crippen molar-refractivity contribution in [2.24, 2.45) is 11.3 Å². The maximum Gasteiger partial charge on any atom is 0.228 e. The van der Waals surface area contributed by atoms with Crippen molar-refractivity contribution in [3.63, 3.8) is 0 Å². The van der Waals surface area contributed by atoms with Crippen molar-refractivity contribution in [2.75, 3.05) is 13.1 Å². The molecule has 2 amide bonds. The van der Waals surface area contributed by atoms with Gasteiger partial charge in [0.2, 0.25) is 11.8 Å². The van der Waals surface area contributed by atoms with E-state index in [0.717, 1.165) is 36.0 Å². The molecular weight excluding hydrogens is 374 g/mol. The molecular formula is C25H31N3O2. The molecule has 1 aliphatic carbocycles. The molecule has 2 aliphatic rings. The molecule has 1 saturated carbocycles. The Morgan fingerprint density at radius 2 is 1.77 bits per heavy atom. The van der Waals surface area contributed by atoms with Crippen LogP contribution in [0.3, 0.4) is 0 Å². The van der Waals surface area contributed by atoms with Gasteiger partial charge in [-0.2, -0.15) is 0 Å². The molecule has 2 fully saturated rings. The zero-order valence-corrected chi connectivity index (χ0v) is 17.9. The number of hydrogen-bond acceptors (Lipinski definition) is 3. The molecule has 5 nitrogen and oxygen atoms in total. The minimum Gasteiger partial charge on any atom is -0.353 e. The lowest BCUT2D eigenvalue weighted by atomic mass is 9.79. The first-order valence-electron chi connectivity index (χ1n) is 11.0. The van der Waals surface area contributed by atoms with Crippen LogP contribution in [0, 0.1) is 11.3 Å². The summed E-state index contributed by atoms with van der Waals surface area (Å²) in [5.41, 5.74) is 2.87. The summed E-state index contributed by atoms with van der Waals surface area (Å²) >= 11 is 0. The zero-order valence-electron chi connectivity index (χ0n) is 17.9. The van der Waals surface area contributed by atoms with Crippen molar-refractivity contribution < 1.29 is 9.59 Å². The van der Waals surface area contributed by atoms with Gasteiger partial charge in [-0.3, -0.25) is 14.6 Å². The van der Waals surface area contributed by atoms with Crippen molar-refractivity contribution in [1.82, 2.24) is 15.2 Å². The summed E-state index contributed by atoms with van der Waals surface area (Å²) in [7, 11) is 0. The summed E-state index contributed by atoms with van der Waals surface area (Å²) in [6, 6.07) is 12.7. The molecule has 2 aromatic rings. The fourth-order valence-electron chi connectivity index (χ4n) is 4.29. The van der Waals surface area contributed by atoms with Gasteiger partial charge in [-0.15, -0.1) is 0 Å². The van der Waals surface area contributed by atoms with Crippen LogP contribution >= 0.6 is 0 Å². The molecule has 0 spiro atoms. The standard InChI is InChI=1S/C25H31N3O2/c1-18(2)15-23(29)28-14-11-25(17-28,24(30)27-22-7-8-22)16-19-3-5-20(6-4-19)21-9-12-26-13-10-21/h3-6,9-10,12-13,18,22H,7-8,11,14-17H2,1-2H3,(H,27,30). The van der Waals surface area contributed by atoms with Crippen molar-refractivity contribution >= 4 is 11.8 Å². The lowest BCUT2D eigenvalue weighted by Gasteiger charge is -2.29. The van der Waals surface area contributed by atoms with E-state index >= 15 is 0 Å². The second-order valence-electron chi connectivity index (χ2n) is 9.30. The number of carbonyl (C=O) groups excluding carboxylic acids is 2. The van der Waals surface area contributed by atoms with E-state index in [1.807, 2.05) is 17.0 Å². The first-order chi connectivity index (χ1) is 14.4. The van der Waals surface area contributed by atoms with E-state index in [2.05, 4.69) is 48.4 Å². The van der Waals surface area contributed by atoms with E-state index in [0.29, 0.717) is 37.9 Å². The van der Waals surface area contributed by atoms with Gasteiger partial charge in [0.25, 0.3) is 0 Å². The van der Waals surface area contributed by atoms with Crippen LogP contribution in [0.1, 0.15) is 45.1 Å². The van der Waals surface area contributed by atoms with Gasteiger partial charge < -0.3 is 10.2 Å². The molecule has 0 bridgehead atoms. The molecule has 1 atom stereocenters. The SMILES string of the molecule is CC(C)CC(=O)N1CCC(Cc2ccc(-c3ccncc3)cc2)(C(=O)NC2CC2)C1. The van der Waals surface area contributed by atoms with Crippen LogP contribution in [0.5, 0.6) is 0 Å². The summed E-state index contributed by atoms with van der Waals surface area (Å²) in [6.45, 7) is 5.30. The van der Waals surface area contributed by atoms with E-state index in [1.165, 1.54) is 0 Å². The Morgan fingerprint density at radius 1 is 1.10 bits per heavy atom. The molecule has 1 saturated heterocycles. The maximum absolute atomic E-state index is 13.2. The van der Waals surface area contributed by atoms with Gasteiger partial charge in [0.15, 0.2) is 0 Å². The predicted molar refractivity (Wildman–Crippen MR) is 118 cm³/mol. The van der Waals surface area contributed by atoms with Gasteiger partial charge in [0.1, 0.15) is 0 Å². The van der Waals surface area contributed by atoms with E-state index in [9.17, 15) is 9.59 Å². The van der Waals surface area contributed by atoms with Crippen LogP contribution in [-0.4, -0.2) is 40.8 Å². The quantitative estimate of drug-likeness (QED) is 0.761. The number of aromatic nitrogens is 1. The van der Waals surface area contributed by atoms with Crippen LogP contribution in [0.25, 0.3) is 11.1 Å². The molecule has 1 unspecified atom stereocenters. The fourth-order valence-corrected chi connectivity index (χ4v) is 4.29. The average molecular weight is 406 g/mol. The molecule has 5 heteroatoms. The van der Waals surface area contributed by atoms with Crippen LogP contribution < -0.4 is 5.32 Å². The van der Waals surface area contributed by atoms with Crippen molar-refractivity contribution in [1.29, 1.82) is 0 Å². The number of carbonyl (C=O) groups is 2. The third kappa shape index (κ3) is 4.72. The highest BCUT2D eigenvalue weighted by Gasteiger charge is 2.47. The molecule has 4 rings (SSSR count). The minimum atomic E-state index is -0.534. The normalized spacial score (nSPS) is 21.1. The largest absolute Gasteiger partial charge is 0.353 e. The summed E-state index contributed by atoms with van der Waals surface area (Å²) in [6.07, 6.45) is 7.65. The molecule has 1 aliphatic heterocycles. The van der Waals surface area contributed by atoms with Crippen LogP contribution in [0.2, 0.25) is 0 Å². The van der Waals surface area contributed by atoms with E-state index < -0.39 is 5.41 Å². The Bertz CT molecular complexity index is 890. The Morgan fingerprint density at radius 3 is 2.40 bits per heavy atom. The Kier molecular flexibility index (Phi) is 5.89. The van der Waals surface area contributed by atoms with Gasteiger partial charge in [-0.05, 0) is 60.4 Å². The molecule has 2 heterocycles. The van der Waals surface area contributed by atoms with Crippen molar-refractivity contribution in [3.05, 3.63) is 54.4 Å². The van der Waals surface area contributed by atoms with E-state index in [4.69, 9.17) is 0 Å². The number of nitrogens with one attached hydrogen (secondary N) is 1. The first-order valence-corrected chi connectivity index (χ1v) is 11.0. The Hall–Kier alpha value is -2.69. The number of pyridine rings is 1. The highest BCUT2D eigenvalue weighted by molar-refractivity contribution is 5.86. The van der Waals surface area contributed by atoms with Gasteiger partial charge in [-0.1, -0.05) is 38.1 Å². The van der Waals surface area contributed by atoms with Crippen LogP contribution in [0.4, 0.5) is 0 Å². The monoisotopic (exact) mass is 405 g/mol. The second kappa shape index (κ2) is 8.58. The highest BCUT2D eigenvalue weighted by Crippen LogP contribution is 2.37. The lowest BCUT2D eigenvalue weighted by Crippen LogP contribution is -2.46.